The summed E-state index contributed by atoms with van der Waals surface area (Å²) in [6.07, 6.45) is 4.25. The Morgan fingerprint density at radius 1 is 1.14 bits per heavy atom. The van der Waals surface area contributed by atoms with Gasteiger partial charge in [-0.2, -0.15) is 0 Å². The van der Waals surface area contributed by atoms with Crippen molar-refractivity contribution in [2.24, 2.45) is 0 Å². The molecule has 0 bridgehead atoms. The number of likely N-dealkylation sites (tertiary alicyclic amines) is 1. The lowest BCUT2D eigenvalue weighted by atomic mass is 9.87. The van der Waals surface area contributed by atoms with Crippen molar-refractivity contribution in [1.29, 1.82) is 0 Å². The van der Waals surface area contributed by atoms with E-state index in [1.807, 2.05) is 23.1 Å². The maximum Gasteiger partial charge on any atom is 0.220 e. The van der Waals surface area contributed by atoms with Gasteiger partial charge in [-0.1, -0.05) is 24.3 Å². The quantitative estimate of drug-likeness (QED) is 0.675. The molecule has 3 atom stereocenters. The molecule has 5 rings (SSSR count). The smallest absolute Gasteiger partial charge is 0.220 e. The topological polar surface area (TPSA) is 65.0 Å². The highest BCUT2D eigenvalue weighted by molar-refractivity contribution is 5.77. The second-order valence-corrected chi connectivity index (χ2v) is 10.7. The Hall–Kier alpha value is -2.64. The summed E-state index contributed by atoms with van der Waals surface area (Å²) in [6.45, 7) is 3.90. The van der Waals surface area contributed by atoms with Gasteiger partial charge in [-0.25, -0.2) is 4.39 Å². The normalized spacial score (nSPS) is 28.8. The molecular formula is C28H36FN3O3. The third-order valence-corrected chi connectivity index (χ3v) is 8.32. The number of hydrogen-bond donors (Lipinski definition) is 2. The van der Waals surface area contributed by atoms with Crippen LogP contribution in [0.3, 0.4) is 0 Å². The first-order chi connectivity index (χ1) is 16.8. The van der Waals surface area contributed by atoms with Crippen molar-refractivity contribution in [2.75, 3.05) is 31.6 Å². The third kappa shape index (κ3) is 4.76. The number of piperidine rings is 1. The zero-order chi connectivity index (χ0) is 24.6. The van der Waals surface area contributed by atoms with E-state index in [-0.39, 0.29) is 29.3 Å². The van der Waals surface area contributed by atoms with Crippen LogP contribution in [0.15, 0.2) is 48.5 Å². The van der Waals surface area contributed by atoms with Gasteiger partial charge < -0.3 is 20.1 Å². The number of halogens is 1. The van der Waals surface area contributed by atoms with Gasteiger partial charge in [0.1, 0.15) is 11.6 Å². The van der Waals surface area contributed by atoms with Crippen LogP contribution in [0.25, 0.3) is 0 Å². The van der Waals surface area contributed by atoms with Crippen LogP contribution in [0.2, 0.25) is 0 Å². The van der Waals surface area contributed by atoms with Crippen LogP contribution in [0, 0.1) is 5.82 Å². The highest BCUT2D eigenvalue weighted by atomic mass is 19.1. The van der Waals surface area contributed by atoms with Gasteiger partial charge in [-0.15, -0.1) is 0 Å². The Balaban J connectivity index is 1.38. The van der Waals surface area contributed by atoms with Crippen molar-refractivity contribution in [2.45, 2.75) is 68.7 Å². The molecule has 3 saturated heterocycles. The summed E-state index contributed by atoms with van der Waals surface area (Å²) in [6, 6.07) is 15.2. The molecule has 35 heavy (non-hydrogen) atoms. The molecule has 0 spiro atoms. The van der Waals surface area contributed by atoms with Crippen molar-refractivity contribution in [3.8, 4) is 5.75 Å². The van der Waals surface area contributed by atoms with E-state index in [1.54, 1.807) is 19.2 Å². The summed E-state index contributed by atoms with van der Waals surface area (Å²) in [7, 11) is 1.66. The number of anilines is 1. The number of hydrogen-bond acceptors (Lipinski definition) is 5. The Labute approximate surface area is 207 Å². The van der Waals surface area contributed by atoms with Crippen LogP contribution in [0.5, 0.6) is 5.75 Å². The second-order valence-electron chi connectivity index (χ2n) is 10.7. The molecule has 2 aromatic rings. The molecule has 188 valence electrons. The number of rotatable bonds is 5. The maximum absolute atomic E-state index is 14.3. The fourth-order valence-corrected chi connectivity index (χ4v) is 6.42. The predicted molar refractivity (Wildman–Crippen MR) is 134 cm³/mol. The van der Waals surface area contributed by atoms with Crippen LogP contribution >= 0.6 is 0 Å². The van der Waals surface area contributed by atoms with E-state index >= 15 is 0 Å². The molecule has 0 radical (unpaired) electrons. The van der Waals surface area contributed by atoms with E-state index < -0.39 is 5.60 Å². The van der Waals surface area contributed by atoms with Crippen molar-refractivity contribution in [1.82, 2.24) is 10.2 Å². The van der Waals surface area contributed by atoms with Gasteiger partial charge in [0, 0.05) is 38.1 Å². The summed E-state index contributed by atoms with van der Waals surface area (Å²) >= 11 is 0. The highest BCUT2D eigenvalue weighted by Gasteiger charge is 2.53. The van der Waals surface area contributed by atoms with E-state index in [0.29, 0.717) is 44.6 Å². The number of nitrogens with zero attached hydrogens (tertiary/aromatic N) is 2. The summed E-state index contributed by atoms with van der Waals surface area (Å²) in [5, 5.41) is 15.1. The number of ether oxygens (including phenoxy) is 1. The molecule has 0 saturated carbocycles. The zero-order valence-electron chi connectivity index (χ0n) is 20.7. The van der Waals surface area contributed by atoms with Gasteiger partial charge >= 0.3 is 0 Å². The molecule has 3 aliphatic rings. The van der Waals surface area contributed by atoms with E-state index in [4.69, 9.17) is 4.74 Å². The molecule has 0 unspecified atom stereocenters. The highest BCUT2D eigenvalue weighted by Crippen LogP contribution is 2.47. The molecule has 3 heterocycles. The minimum atomic E-state index is -0.867. The fourth-order valence-electron chi connectivity index (χ4n) is 6.42. The number of carbonyl (C=O) groups excluding carboxylic acids is 1. The summed E-state index contributed by atoms with van der Waals surface area (Å²) in [4.78, 5) is 17.0. The van der Waals surface area contributed by atoms with Gasteiger partial charge in [0.25, 0.3) is 0 Å². The molecule has 0 aliphatic carbocycles. The number of para-hydroxylation sites is 1. The SMILES string of the molecule is COc1ccc([C@@H]2C[C@]3(C)NC(=O)CCC[C@@H]3N2CC2(O)CCN(c3ccccc3F)CC2)cc1. The first kappa shape index (κ1) is 24.1. The van der Waals surface area contributed by atoms with E-state index in [9.17, 15) is 14.3 Å². The number of nitrogens with one attached hydrogen (secondary N) is 1. The number of β-amino-alcohol motifs (C(OH)–C–C–N with tert-alkyl or cyclic N) is 1. The van der Waals surface area contributed by atoms with Crippen LogP contribution < -0.4 is 15.0 Å². The number of benzene rings is 2. The molecule has 1 amide bonds. The zero-order valence-corrected chi connectivity index (χ0v) is 20.7. The molecule has 3 aliphatic heterocycles. The monoisotopic (exact) mass is 481 g/mol. The minimum Gasteiger partial charge on any atom is -0.497 e. The number of fused-ring (bicyclic) bond motifs is 1. The lowest BCUT2D eigenvalue weighted by Gasteiger charge is -2.44. The van der Waals surface area contributed by atoms with Crippen molar-refractivity contribution >= 4 is 11.6 Å². The minimum absolute atomic E-state index is 0.0860. The Bertz CT molecular complexity index is 1050. The molecule has 3 fully saturated rings. The van der Waals surface area contributed by atoms with Gasteiger partial charge in [-0.05, 0) is 68.9 Å². The standard InChI is InChI=1S/C28H36FN3O3/c1-27-18-24(20-10-12-21(35-2)13-11-20)32(25(27)8-5-9-26(33)30-27)19-28(34)14-16-31(17-15-28)23-7-4-3-6-22(23)29/h3-4,6-7,10-13,24-25,34H,5,8-9,14-19H2,1-2H3,(H,30,33)/t24-,25-,27-/m0/s1. The largest absolute Gasteiger partial charge is 0.497 e. The van der Waals surface area contributed by atoms with Crippen molar-refractivity contribution in [3.63, 3.8) is 0 Å². The Morgan fingerprint density at radius 2 is 1.86 bits per heavy atom. The van der Waals surface area contributed by atoms with Gasteiger partial charge in [0.05, 0.1) is 23.9 Å². The van der Waals surface area contributed by atoms with E-state index in [0.717, 1.165) is 25.0 Å². The maximum atomic E-state index is 14.3. The molecule has 0 aromatic heterocycles. The molecule has 7 heteroatoms. The van der Waals surface area contributed by atoms with Crippen LogP contribution in [0.4, 0.5) is 10.1 Å². The molecule has 6 nitrogen and oxygen atoms in total. The lowest BCUT2D eigenvalue weighted by Crippen LogP contribution is -2.57. The fraction of sp³-hybridized carbons (Fsp3) is 0.536. The van der Waals surface area contributed by atoms with Crippen molar-refractivity contribution < 1.29 is 19.0 Å². The van der Waals surface area contributed by atoms with Crippen LogP contribution in [0.1, 0.15) is 57.1 Å². The Morgan fingerprint density at radius 3 is 2.54 bits per heavy atom. The van der Waals surface area contributed by atoms with E-state index in [1.165, 1.54) is 11.6 Å². The average molecular weight is 482 g/mol. The van der Waals surface area contributed by atoms with Crippen molar-refractivity contribution in [3.05, 3.63) is 59.9 Å². The second kappa shape index (κ2) is 9.43. The number of carbonyl (C=O) groups is 1. The number of amides is 1. The molecular weight excluding hydrogens is 445 g/mol. The first-order valence-electron chi connectivity index (χ1n) is 12.7. The molecule has 2 N–H and O–H groups in total. The number of aliphatic hydroxyl groups is 1. The summed E-state index contributed by atoms with van der Waals surface area (Å²) < 4.78 is 19.7. The van der Waals surface area contributed by atoms with Gasteiger partial charge in [-0.3, -0.25) is 9.69 Å². The average Bonchev–Trinajstić information content (AvgIpc) is 3.00. The van der Waals surface area contributed by atoms with Crippen LogP contribution in [-0.4, -0.2) is 59.8 Å². The van der Waals surface area contributed by atoms with Gasteiger partial charge in [0.15, 0.2) is 0 Å². The lowest BCUT2D eigenvalue weighted by molar-refractivity contribution is -0.122. The van der Waals surface area contributed by atoms with E-state index in [2.05, 4.69) is 29.3 Å². The molecule has 2 aromatic carbocycles. The number of methoxy groups -OCH3 is 1. The summed E-state index contributed by atoms with van der Waals surface area (Å²) in [5.74, 6) is 0.704. The first-order valence-corrected chi connectivity index (χ1v) is 12.7. The van der Waals surface area contributed by atoms with Gasteiger partial charge in [0.2, 0.25) is 5.91 Å². The predicted octanol–water partition coefficient (Wildman–Crippen LogP) is 4.04. The third-order valence-electron chi connectivity index (χ3n) is 8.32. The van der Waals surface area contributed by atoms with Crippen LogP contribution in [-0.2, 0) is 4.79 Å². The summed E-state index contributed by atoms with van der Waals surface area (Å²) in [5.41, 5.74) is 0.559. The Kier molecular flexibility index (Phi) is 6.49.